The lowest BCUT2D eigenvalue weighted by molar-refractivity contribution is -0.385. The van der Waals surface area contributed by atoms with E-state index >= 15 is 0 Å². The van der Waals surface area contributed by atoms with Crippen LogP contribution in [0.25, 0.3) is 0 Å². The Balaban J connectivity index is 0.00000288. The van der Waals surface area contributed by atoms with Crippen LogP contribution in [-0.4, -0.2) is 33.8 Å². The Morgan fingerprint density at radius 1 is 1.38 bits per heavy atom. The van der Waals surface area contributed by atoms with Crippen LogP contribution < -0.4 is 15.8 Å². The van der Waals surface area contributed by atoms with Crippen LogP contribution in [0, 0.1) is 10.1 Å². The van der Waals surface area contributed by atoms with Crippen LogP contribution in [0.5, 0.6) is 5.75 Å². The Bertz CT molecular complexity index is 674. The van der Waals surface area contributed by atoms with Gasteiger partial charge in [0.1, 0.15) is 24.8 Å². The molecule has 1 heterocycles. The van der Waals surface area contributed by atoms with Crippen molar-refractivity contribution in [2.45, 2.75) is 13.0 Å². The van der Waals surface area contributed by atoms with E-state index in [4.69, 9.17) is 10.5 Å². The molecule has 1 aromatic carbocycles. The molecule has 0 saturated carbocycles. The van der Waals surface area contributed by atoms with Gasteiger partial charge in [-0.05, 0) is 24.3 Å². The molecule has 0 saturated heterocycles. The van der Waals surface area contributed by atoms with E-state index in [2.05, 4.69) is 10.4 Å². The zero-order chi connectivity index (χ0) is 16.7. The molecule has 0 unspecified atom stereocenters. The molecule has 2 aromatic rings. The van der Waals surface area contributed by atoms with Gasteiger partial charge in [-0.25, -0.2) is 0 Å². The highest BCUT2D eigenvalue weighted by molar-refractivity contribution is 5.90. The molecular formula is C14H18ClN5O4. The van der Waals surface area contributed by atoms with E-state index in [1.807, 2.05) is 0 Å². The SMILES string of the molecule is Cl.NCCOc1ccc(NC(=O)CCn2cc([N+](=O)[O-])cn2)cc1. The lowest BCUT2D eigenvalue weighted by atomic mass is 10.3. The number of anilines is 1. The minimum Gasteiger partial charge on any atom is -0.492 e. The fraction of sp³-hybridized carbons (Fsp3) is 0.286. The Morgan fingerprint density at radius 3 is 2.67 bits per heavy atom. The Morgan fingerprint density at radius 2 is 2.08 bits per heavy atom. The van der Waals surface area contributed by atoms with Crippen molar-refractivity contribution >= 4 is 29.7 Å². The monoisotopic (exact) mass is 355 g/mol. The number of carbonyl (C=O) groups is 1. The number of amides is 1. The number of ether oxygens (including phenoxy) is 1. The topological polar surface area (TPSA) is 125 Å². The number of hydrogen-bond acceptors (Lipinski definition) is 6. The van der Waals surface area contributed by atoms with E-state index in [9.17, 15) is 14.9 Å². The summed E-state index contributed by atoms with van der Waals surface area (Å²) in [6, 6.07) is 6.93. The molecule has 0 radical (unpaired) electrons. The number of nitrogens with two attached hydrogens (primary N) is 1. The number of benzene rings is 1. The average Bonchev–Trinajstić information content (AvgIpc) is 3.01. The zero-order valence-corrected chi connectivity index (χ0v) is 13.6. The minimum absolute atomic E-state index is 0. The quantitative estimate of drug-likeness (QED) is 0.547. The maximum atomic E-state index is 11.8. The molecule has 9 nitrogen and oxygen atoms in total. The summed E-state index contributed by atoms with van der Waals surface area (Å²) in [7, 11) is 0. The Hall–Kier alpha value is -2.65. The largest absolute Gasteiger partial charge is 0.492 e. The molecule has 130 valence electrons. The smallest absolute Gasteiger partial charge is 0.306 e. The molecule has 3 N–H and O–H groups in total. The van der Waals surface area contributed by atoms with Crippen LogP contribution in [0.2, 0.25) is 0 Å². The molecule has 0 fully saturated rings. The van der Waals surface area contributed by atoms with E-state index in [0.29, 0.717) is 24.6 Å². The molecule has 0 aliphatic heterocycles. The first-order valence-corrected chi connectivity index (χ1v) is 6.98. The number of nitrogens with one attached hydrogen (secondary N) is 1. The third kappa shape index (κ3) is 5.86. The number of aromatic nitrogens is 2. The number of halogens is 1. The van der Waals surface area contributed by atoms with Gasteiger partial charge >= 0.3 is 5.69 Å². The summed E-state index contributed by atoms with van der Waals surface area (Å²) in [4.78, 5) is 21.9. The number of aryl methyl sites for hydroxylation is 1. The first kappa shape index (κ1) is 19.4. The van der Waals surface area contributed by atoms with Crippen molar-refractivity contribution < 1.29 is 14.5 Å². The van der Waals surface area contributed by atoms with Gasteiger partial charge in [0.25, 0.3) is 0 Å². The van der Waals surface area contributed by atoms with Crippen LogP contribution >= 0.6 is 12.4 Å². The molecule has 10 heteroatoms. The highest BCUT2D eigenvalue weighted by Gasteiger charge is 2.10. The summed E-state index contributed by atoms with van der Waals surface area (Å²) in [5, 5.41) is 17.1. The highest BCUT2D eigenvalue weighted by Crippen LogP contribution is 2.16. The second kappa shape index (κ2) is 9.48. The summed E-state index contributed by atoms with van der Waals surface area (Å²) in [5.74, 6) is 0.469. The first-order chi connectivity index (χ1) is 11.1. The van der Waals surface area contributed by atoms with Crippen molar-refractivity contribution in [3.05, 3.63) is 46.8 Å². The van der Waals surface area contributed by atoms with E-state index in [-0.39, 0.29) is 37.0 Å². The standard InChI is InChI=1S/C14H17N5O4.ClH/c15-6-8-23-13-3-1-11(2-4-13)17-14(20)5-7-18-10-12(9-16-18)19(21)22;/h1-4,9-10H,5-8,15H2,(H,17,20);1H. The fourth-order valence-electron chi connectivity index (χ4n) is 1.82. The molecule has 1 aromatic heterocycles. The molecule has 2 rings (SSSR count). The number of rotatable bonds is 8. The molecule has 0 bridgehead atoms. The normalized spacial score (nSPS) is 9.88. The van der Waals surface area contributed by atoms with Gasteiger partial charge < -0.3 is 15.8 Å². The average molecular weight is 356 g/mol. The van der Waals surface area contributed by atoms with Crippen LogP contribution in [0.15, 0.2) is 36.7 Å². The van der Waals surface area contributed by atoms with Gasteiger partial charge in [-0.3, -0.25) is 19.6 Å². The molecule has 24 heavy (non-hydrogen) atoms. The minimum atomic E-state index is -0.530. The van der Waals surface area contributed by atoms with Crippen molar-refractivity contribution in [3.8, 4) is 5.75 Å². The summed E-state index contributed by atoms with van der Waals surface area (Å²) in [5.41, 5.74) is 5.89. The predicted octanol–water partition coefficient (Wildman–Crippen LogP) is 1.58. The molecule has 0 aliphatic carbocycles. The molecule has 1 amide bonds. The lowest BCUT2D eigenvalue weighted by Crippen LogP contribution is -2.14. The van der Waals surface area contributed by atoms with Gasteiger partial charge in [-0.15, -0.1) is 12.4 Å². The Kier molecular flexibility index (Phi) is 7.66. The summed E-state index contributed by atoms with van der Waals surface area (Å²) in [6.45, 7) is 1.13. The van der Waals surface area contributed by atoms with Gasteiger partial charge in [-0.1, -0.05) is 0 Å². The molecule has 0 atom stereocenters. The van der Waals surface area contributed by atoms with Gasteiger partial charge in [0.05, 0.1) is 4.92 Å². The van der Waals surface area contributed by atoms with E-state index in [0.717, 1.165) is 6.20 Å². The van der Waals surface area contributed by atoms with E-state index < -0.39 is 4.92 Å². The number of hydrogen-bond donors (Lipinski definition) is 2. The zero-order valence-electron chi connectivity index (χ0n) is 12.8. The van der Waals surface area contributed by atoms with Gasteiger partial charge in [0.15, 0.2) is 0 Å². The highest BCUT2D eigenvalue weighted by atomic mass is 35.5. The predicted molar refractivity (Wildman–Crippen MR) is 90.4 cm³/mol. The summed E-state index contributed by atoms with van der Waals surface area (Å²) in [6.07, 6.45) is 2.60. The Labute approximate surface area is 144 Å². The summed E-state index contributed by atoms with van der Waals surface area (Å²) >= 11 is 0. The van der Waals surface area contributed by atoms with Crippen molar-refractivity contribution in [1.82, 2.24) is 9.78 Å². The van der Waals surface area contributed by atoms with Crippen molar-refractivity contribution in [2.24, 2.45) is 5.73 Å². The number of carbonyl (C=O) groups excluding carboxylic acids is 1. The first-order valence-electron chi connectivity index (χ1n) is 6.98. The van der Waals surface area contributed by atoms with E-state index in [1.54, 1.807) is 24.3 Å². The van der Waals surface area contributed by atoms with Gasteiger partial charge in [0, 0.05) is 25.2 Å². The van der Waals surface area contributed by atoms with E-state index in [1.165, 1.54) is 10.9 Å². The maximum absolute atomic E-state index is 11.8. The maximum Gasteiger partial charge on any atom is 0.306 e. The van der Waals surface area contributed by atoms with Gasteiger partial charge in [0.2, 0.25) is 5.91 Å². The third-order valence-electron chi connectivity index (χ3n) is 2.92. The second-order valence-electron chi connectivity index (χ2n) is 4.68. The molecule has 0 spiro atoms. The fourth-order valence-corrected chi connectivity index (χ4v) is 1.82. The second-order valence-corrected chi connectivity index (χ2v) is 4.68. The van der Waals surface area contributed by atoms with Crippen LogP contribution in [0.1, 0.15) is 6.42 Å². The van der Waals surface area contributed by atoms with Crippen LogP contribution in [-0.2, 0) is 11.3 Å². The van der Waals surface area contributed by atoms with Crippen molar-refractivity contribution in [3.63, 3.8) is 0 Å². The van der Waals surface area contributed by atoms with Crippen LogP contribution in [0.3, 0.4) is 0 Å². The van der Waals surface area contributed by atoms with Crippen molar-refractivity contribution in [1.29, 1.82) is 0 Å². The van der Waals surface area contributed by atoms with Gasteiger partial charge in [-0.2, -0.15) is 5.10 Å². The van der Waals surface area contributed by atoms with Crippen LogP contribution in [0.4, 0.5) is 11.4 Å². The third-order valence-corrected chi connectivity index (χ3v) is 2.92. The molecular weight excluding hydrogens is 338 g/mol. The number of nitrogens with zero attached hydrogens (tertiary/aromatic N) is 3. The summed E-state index contributed by atoms with van der Waals surface area (Å²) < 4.78 is 6.70. The van der Waals surface area contributed by atoms with Crippen molar-refractivity contribution in [2.75, 3.05) is 18.5 Å². The lowest BCUT2D eigenvalue weighted by Gasteiger charge is -2.07. The number of nitro groups is 1. The molecule has 0 aliphatic rings.